The van der Waals surface area contributed by atoms with Crippen LogP contribution >= 0.6 is 0 Å². The number of para-hydroxylation sites is 1. The third-order valence-corrected chi connectivity index (χ3v) is 6.29. The maximum Gasteiger partial charge on any atom is 0.235 e. The highest BCUT2D eigenvalue weighted by Crippen LogP contribution is 2.44. The van der Waals surface area contributed by atoms with E-state index in [-0.39, 0.29) is 17.4 Å². The summed E-state index contributed by atoms with van der Waals surface area (Å²) < 4.78 is 6.09. The smallest absolute Gasteiger partial charge is 0.235 e. The zero-order valence-corrected chi connectivity index (χ0v) is 15.8. The van der Waals surface area contributed by atoms with Gasteiger partial charge in [0, 0.05) is 29.9 Å². The number of anilines is 1. The summed E-state index contributed by atoms with van der Waals surface area (Å²) in [6.07, 6.45) is 2.70. The molecule has 1 saturated heterocycles. The fourth-order valence-corrected chi connectivity index (χ4v) is 4.84. The summed E-state index contributed by atoms with van der Waals surface area (Å²) in [6, 6.07) is 8.11. The number of likely N-dealkylation sites (tertiary alicyclic amines) is 1. The number of nitrogens with one attached hydrogen (secondary N) is 1. The molecule has 27 heavy (non-hydrogen) atoms. The molecule has 0 aliphatic carbocycles. The molecular formula is C21H24N4O2. The van der Waals surface area contributed by atoms with Crippen molar-refractivity contribution < 1.29 is 9.53 Å². The number of amides is 1. The number of aromatic nitrogens is 2. The van der Waals surface area contributed by atoms with E-state index in [1.165, 1.54) is 5.56 Å². The number of carbonyl (C=O) groups is 1. The van der Waals surface area contributed by atoms with Crippen LogP contribution in [0.2, 0.25) is 0 Å². The number of nitrogens with zero attached hydrogens (tertiary/aromatic N) is 3. The summed E-state index contributed by atoms with van der Waals surface area (Å²) in [5.41, 5.74) is 3.96. The van der Waals surface area contributed by atoms with Crippen molar-refractivity contribution >= 4 is 11.6 Å². The highest BCUT2D eigenvalue weighted by molar-refractivity contribution is 6.06. The number of fused-ring (bicyclic) bond motifs is 3. The molecule has 1 spiro atoms. The molecule has 1 atom stereocenters. The van der Waals surface area contributed by atoms with Crippen molar-refractivity contribution in [3.63, 3.8) is 0 Å². The van der Waals surface area contributed by atoms with Gasteiger partial charge in [0.15, 0.2) is 0 Å². The van der Waals surface area contributed by atoms with Crippen LogP contribution in [-0.4, -0.2) is 46.5 Å². The summed E-state index contributed by atoms with van der Waals surface area (Å²) in [5.74, 6) is 1.68. The molecule has 0 unspecified atom stereocenters. The van der Waals surface area contributed by atoms with Crippen molar-refractivity contribution in [2.24, 2.45) is 0 Å². The first-order valence-electron chi connectivity index (χ1n) is 9.69. The Morgan fingerprint density at radius 1 is 1.22 bits per heavy atom. The topological polar surface area (TPSA) is 67.4 Å². The Labute approximate surface area is 159 Å². The lowest BCUT2D eigenvalue weighted by molar-refractivity contribution is -0.122. The number of benzene rings is 1. The van der Waals surface area contributed by atoms with Gasteiger partial charge < -0.3 is 10.1 Å². The molecule has 6 heteroatoms. The number of ether oxygens (including phenoxy) is 1. The molecule has 0 saturated carbocycles. The van der Waals surface area contributed by atoms with E-state index >= 15 is 0 Å². The number of aryl methyl sites for hydroxylation is 2. The second kappa shape index (κ2) is 6.02. The van der Waals surface area contributed by atoms with E-state index < -0.39 is 0 Å². The zero-order valence-electron chi connectivity index (χ0n) is 15.8. The van der Waals surface area contributed by atoms with Crippen LogP contribution < -0.4 is 10.1 Å². The van der Waals surface area contributed by atoms with Crippen molar-refractivity contribution in [3.05, 3.63) is 46.9 Å². The van der Waals surface area contributed by atoms with Crippen LogP contribution in [0.4, 0.5) is 5.69 Å². The molecule has 1 aromatic heterocycles. The minimum absolute atomic E-state index is 0.119. The van der Waals surface area contributed by atoms with E-state index in [1.807, 2.05) is 32.0 Å². The second-order valence-corrected chi connectivity index (χ2v) is 7.97. The molecule has 0 radical (unpaired) electrons. The maximum atomic E-state index is 12.7. The average Bonchev–Trinajstić information content (AvgIpc) is 3.16. The van der Waals surface area contributed by atoms with Crippen LogP contribution in [0.15, 0.2) is 24.3 Å². The molecule has 1 amide bonds. The highest BCUT2D eigenvalue weighted by Gasteiger charge is 2.48. The van der Waals surface area contributed by atoms with Crippen molar-refractivity contribution in [1.82, 2.24) is 14.9 Å². The van der Waals surface area contributed by atoms with Crippen molar-refractivity contribution in [1.29, 1.82) is 0 Å². The Morgan fingerprint density at radius 2 is 2.00 bits per heavy atom. The molecule has 3 aliphatic heterocycles. The minimum Gasteiger partial charge on any atom is -0.472 e. The Bertz CT molecular complexity index is 918. The largest absolute Gasteiger partial charge is 0.472 e. The summed E-state index contributed by atoms with van der Waals surface area (Å²) in [4.78, 5) is 24.0. The number of rotatable bonds is 2. The molecule has 5 rings (SSSR count). The van der Waals surface area contributed by atoms with Crippen molar-refractivity contribution in [3.8, 4) is 5.88 Å². The Hall–Kier alpha value is -2.47. The van der Waals surface area contributed by atoms with Gasteiger partial charge in [-0.3, -0.25) is 9.69 Å². The zero-order chi connectivity index (χ0) is 18.6. The molecule has 1 N–H and O–H groups in total. The summed E-state index contributed by atoms with van der Waals surface area (Å²) in [6.45, 7) is 6.61. The molecule has 1 fully saturated rings. The molecule has 4 heterocycles. The lowest BCUT2D eigenvalue weighted by Gasteiger charge is -2.38. The molecule has 3 aliphatic rings. The van der Waals surface area contributed by atoms with E-state index in [2.05, 4.69) is 26.3 Å². The highest BCUT2D eigenvalue weighted by atomic mass is 16.5. The van der Waals surface area contributed by atoms with Crippen LogP contribution in [0, 0.1) is 13.8 Å². The second-order valence-electron chi connectivity index (χ2n) is 7.97. The summed E-state index contributed by atoms with van der Waals surface area (Å²) >= 11 is 0. The van der Waals surface area contributed by atoms with Gasteiger partial charge >= 0.3 is 0 Å². The third-order valence-electron chi connectivity index (χ3n) is 6.29. The van der Waals surface area contributed by atoms with Crippen LogP contribution in [0.25, 0.3) is 0 Å². The van der Waals surface area contributed by atoms with Crippen LogP contribution in [0.5, 0.6) is 5.88 Å². The van der Waals surface area contributed by atoms with Gasteiger partial charge in [-0.15, -0.1) is 0 Å². The third kappa shape index (κ3) is 2.62. The van der Waals surface area contributed by atoms with Gasteiger partial charge in [0.25, 0.3) is 0 Å². The number of hydrogen-bond donors (Lipinski definition) is 1. The predicted molar refractivity (Wildman–Crippen MR) is 102 cm³/mol. The van der Waals surface area contributed by atoms with Crippen molar-refractivity contribution in [2.45, 2.75) is 44.6 Å². The van der Waals surface area contributed by atoms with Gasteiger partial charge in [0.2, 0.25) is 11.8 Å². The van der Waals surface area contributed by atoms with Crippen LogP contribution in [0.3, 0.4) is 0 Å². The van der Waals surface area contributed by atoms with E-state index in [0.717, 1.165) is 67.5 Å². The first kappa shape index (κ1) is 16.7. The minimum atomic E-state index is -0.355. The summed E-state index contributed by atoms with van der Waals surface area (Å²) in [7, 11) is 0. The molecule has 6 nitrogen and oxygen atoms in total. The number of carbonyl (C=O) groups excluding carboxylic acids is 1. The standard InChI is InChI=1S/C21H24N4O2/c1-13-16-11-15(27-19(16)23-14(2)22-13)12-25-9-7-21(8-10-25)17-5-3-4-6-18(17)24-20(21)26/h3-6,15H,7-12H2,1-2H3,(H,24,26)/t15-/m0/s1. The SMILES string of the molecule is Cc1nc(C)c2c(n1)O[C@H](CN1CCC3(CC1)C(=O)Nc1ccccc13)C2. The number of hydrogen-bond acceptors (Lipinski definition) is 5. The van der Waals surface area contributed by atoms with Gasteiger partial charge in [0.05, 0.1) is 5.41 Å². The first-order valence-corrected chi connectivity index (χ1v) is 9.69. The monoisotopic (exact) mass is 364 g/mol. The van der Waals surface area contributed by atoms with E-state index in [9.17, 15) is 4.79 Å². The fraction of sp³-hybridized carbons (Fsp3) is 0.476. The first-order chi connectivity index (χ1) is 13.0. The van der Waals surface area contributed by atoms with E-state index in [0.29, 0.717) is 0 Å². The molecule has 2 aromatic rings. The van der Waals surface area contributed by atoms with Crippen LogP contribution in [-0.2, 0) is 16.6 Å². The Balaban J connectivity index is 1.26. The lowest BCUT2D eigenvalue weighted by atomic mass is 9.73. The molecule has 0 bridgehead atoms. The summed E-state index contributed by atoms with van der Waals surface area (Å²) in [5, 5.41) is 3.07. The maximum absolute atomic E-state index is 12.7. The number of piperidine rings is 1. The average molecular weight is 364 g/mol. The van der Waals surface area contributed by atoms with E-state index in [4.69, 9.17) is 4.74 Å². The van der Waals surface area contributed by atoms with Gasteiger partial charge in [-0.1, -0.05) is 18.2 Å². The van der Waals surface area contributed by atoms with Crippen molar-refractivity contribution in [2.75, 3.05) is 25.0 Å². The predicted octanol–water partition coefficient (Wildman–Crippen LogP) is 2.38. The Kier molecular flexibility index (Phi) is 3.72. The van der Waals surface area contributed by atoms with Gasteiger partial charge in [-0.25, -0.2) is 4.98 Å². The van der Waals surface area contributed by atoms with Crippen LogP contribution in [0.1, 0.15) is 35.5 Å². The van der Waals surface area contributed by atoms with Gasteiger partial charge in [0.1, 0.15) is 11.9 Å². The van der Waals surface area contributed by atoms with E-state index in [1.54, 1.807) is 0 Å². The fourth-order valence-electron chi connectivity index (χ4n) is 4.84. The quantitative estimate of drug-likeness (QED) is 0.886. The Morgan fingerprint density at radius 3 is 2.81 bits per heavy atom. The molecule has 1 aromatic carbocycles. The van der Waals surface area contributed by atoms with Gasteiger partial charge in [-0.2, -0.15) is 4.98 Å². The normalized spacial score (nSPS) is 23.0. The lowest BCUT2D eigenvalue weighted by Crippen LogP contribution is -2.48. The molecule has 140 valence electrons. The molecular weight excluding hydrogens is 340 g/mol. The van der Waals surface area contributed by atoms with Gasteiger partial charge in [-0.05, 0) is 51.4 Å².